The average molecular weight is 399 g/mol. The van der Waals surface area contributed by atoms with E-state index in [0.717, 1.165) is 37.3 Å². The number of piperazine rings is 1. The van der Waals surface area contributed by atoms with Crippen LogP contribution in [-0.2, 0) is 14.8 Å². The monoisotopic (exact) mass is 398 g/mol. The second-order valence-corrected chi connectivity index (χ2v) is 7.09. The molecule has 1 heterocycles. The Kier molecular flexibility index (Phi) is 9.19. The van der Waals surface area contributed by atoms with E-state index in [9.17, 15) is 13.2 Å². The van der Waals surface area contributed by atoms with Crippen LogP contribution in [0.15, 0.2) is 17.0 Å². The van der Waals surface area contributed by atoms with Gasteiger partial charge in [-0.2, -0.15) is 0 Å². The Morgan fingerprint density at radius 1 is 1.25 bits per heavy atom. The predicted molar refractivity (Wildman–Crippen MR) is 99.7 cm³/mol. The molecule has 7 nitrogen and oxygen atoms in total. The van der Waals surface area contributed by atoms with Crippen molar-refractivity contribution < 1.29 is 13.2 Å². The van der Waals surface area contributed by atoms with Crippen LogP contribution in [0.1, 0.15) is 11.1 Å². The first-order chi connectivity index (χ1) is 10.3. The zero-order valence-corrected chi connectivity index (χ0v) is 16.1. The van der Waals surface area contributed by atoms with Gasteiger partial charge in [0.25, 0.3) is 0 Å². The number of primary sulfonamides is 1. The maximum Gasteiger partial charge on any atom is 0.238 e. The van der Waals surface area contributed by atoms with E-state index in [0.29, 0.717) is 12.2 Å². The van der Waals surface area contributed by atoms with Crippen LogP contribution >= 0.6 is 24.8 Å². The minimum atomic E-state index is -3.80. The fourth-order valence-corrected chi connectivity index (χ4v) is 3.01. The van der Waals surface area contributed by atoms with Crippen molar-refractivity contribution in [3.63, 3.8) is 0 Å². The van der Waals surface area contributed by atoms with Crippen LogP contribution in [0.2, 0.25) is 0 Å². The molecule has 1 aromatic rings. The van der Waals surface area contributed by atoms with E-state index in [4.69, 9.17) is 5.14 Å². The lowest BCUT2D eigenvalue weighted by molar-refractivity contribution is -0.117. The quantitative estimate of drug-likeness (QED) is 0.689. The van der Waals surface area contributed by atoms with Crippen LogP contribution < -0.4 is 15.8 Å². The lowest BCUT2D eigenvalue weighted by atomic mass is 10.1. The van der Waals surface area contributed by atoms with Crippen LogP contribution in [0.3, 0.4) is 0 Å². The van der Waals surface area contributed by atoms with E-state index in [-0.39, 0.29) is 35.6 Å². The standard InChI is InChI=1S/C14H22N4O3S.2ClH/c1-10-7-12(22(15,20)21)8-13(11(10)2)17-14(19)9-18-5-3-16-4-6-18;;/h7-8,16H,3-6,9H2,1-2H3,(H,17,19)(H2,15,20,21);2*1H. The van der Waals surface area contributed by atoms with Crippen LogP contribution in [-0.4, -0.2) is 51.9 Å². The first-order valence-corrected chi connectivity index (χ1v) is 8.69. The van der Waals surface area contributed by atoms with Crippen molar-refractivity contribution in [3.05, 3.63) is 23.3 Å². The number of benzene rings is 1. The molecule has 0 aliphatic carbocycles. The normalized spacial score (nSPS) is 15.1. The lowest BCUT2D eigenvalue weighted by Crippen LogP contribution is -2.46. The number of nitrogens with two attached hydrogens (primary N) is 1. The highest BCUT2D eigenvalue weighted by Gasteiger charge is 2.17. The Bertz CT molecular complexity index is 677. The molecular weight excluding hydrogens is 375 g/mol. The topological polar surface area (TPSA) is 105 Å². The second-order valence-electron chi connectivity index (χ2n) is 5.53. The largest absolute Gasteiger partial charge is 0.325 e. The number of carbonyl (C=O) groups excluding carboxylic acids is 1. The van der Waals surface area contributed by atoms with E-state index in [1.165, 1.54) is 12.1 Å². The second kappa shape index (κ2) is 9.55. The van der Waals surface area contributed by atoms with Gasteiger partial charge in [-0.1, -0.05) is 0 Å². The molecule has 1 saturated heterocycles. The van der Waals surface area contributed by atoms with Crippen LogP contribution in [0.5, 0.6) is 0 Å². The molecule has 0 radical (unpaired) electrons. The number of anilines is 1. The van der Waals surface area contributed by atoms with Gasteiger partial charge in [0, 0.05) is 31.9 Å². The van der Waals surface area contributed by atoms with Crippen LogP contribution in [0, 0.1) is 13.8 Å². The number of nitrogens with one attached hydrogen (secondary N) is 2. The summed E-state index contributed by atoms with van der Waals surface area (Å²) in [5, 5.41) is 11.2. The van der Waals surface area contributed by atoms with Gasteiger partial charge in [0.1, 0.15) is 0 Å². The summed E-state index contributed by atoms with van der Waals surface area (Å²) in [6.45, 7) is 7.29. The molecule has 1 aromatic carbocycles. The summed E-state index contributed by atoms with van der Waals surface area (Å²) in [5.74, 6) is -0.157. The van der Waals surface area contributed by atoms with Crippen molar-refractivity contribution in [2.75, 3.05) is 38.0 Å². The Morgan fingerprint density at radius 2 is 1.83 bits per heavy atom. The highest BCUT2D eigenvalue weighted by Crippen LogP contribution is 2.23. The maximum atomic E-state index is 12.2. The molecule has 10 heteroatoms. The highest BCUT2D eigenvalue weighted by atomic mass is 35.5. The summed E-state index contributed by atoms with van der Waals surface area (Å²) >= 11 is 0. The third-order valence-corrected chi connectivity index (χ3v) is 4.71. The Hall–Kier alpha value is -0.900. The molecule has 4 N–H and O–H groups in total. The van der Waals surface area contributed by atoms with Crippen molar-refractivity contribution in [1.29, 1.82) is 0 Å². The number of hydrogen-bond donors (Lipinski definition) is 3. The first kappa shape index (κ1) is 23.1. The zero-order valence-electron chi connectivity index (χ0n) is 13.7. The fourth-order valence-electron chi connectivity index (χ4n) is 2.38. The number of sulfonamides is 1. The minimum absolute atomic E-state index is 0. The summed E-state index contributed by atoms with van der Waals surface area (Å²) < 4.78 is 23.0. The molecule has 2 rings (SSSR count). The van der Waals surface area contributed by atoms with Gasteiger partial charge in [0.05, 0.1) is 11.4 Å². The Balaban J connectivity index is 0.00000264. The molecule has 0 bridgehead atoms. The number of carbonyl (C=O) groups is 1. The van der Waals surface area contributed by atoms with Gasteiger partial charge in [-0.05, 0) is 37.1 Å². The van der Waals surface area contributed by atoms with E-state index in [1.54, 1.807) is 6.92 Å². The molecule has 0 spiro atoms. The number of rotatable bonds is 4. The van der Waals surface area contributed by atoms with E-state index in [1.807, 2.05) is 6.92 Å². The molecule has 1 aliphatic rings. The number of aryl methyl sites for hydroxylation is 1. The number of halogens is 2. The number of hydrogen-bond acceptors (Lipinski definition) is 5. The highest BCUT2D eigenvalue weighted by molar-refractivity contribution is 7.89. The molecule has 138 valence electrons. The summed E-state index contributed by atoms with van der Waals surface area (Å²) in [4.78, 5) is 14.2. The summed E-state index contributed by atoms with van der Waals surface area (Å²) in [7, 11) is -3.80. The van der Waals surface area contributed by atoms with Crippen molar-refractivity contribution >= 4 is 46.4 Å². The van der Waals surface area contributed by atoms with E-state index in [2.05, 4.69) is 15.5 Å². The molecule has 0 aromatic heterocycles. The van der Waals surface area contributed by atoms with Crippen molar-refractivity contribution in [1.82, 2.24) is 10.2 Å². The molecule has 1 aliphatic heterocycles. The third-order valence-electron chi connectivity index (χ3n) is 3.82. The van der Waals surface area contributed by atoms with Gasteiger partial charge in [-0.15, -0.1) is 24.8 Å². The fraction of sp³-hybridized carbons (Fsp3) is 0.500. The predicted octanol–water partition coefficient (Wildman–Crippen LogP) is 0.638. The van der Waals surface area contributed by atoms with Gasteiger partial charge in [-0.25, -0.2) is 13.6 Å². The van der Waals surface area contributed by atoms with Crippen molar-refractivity contribution in [2.24, 2.45) is 5.14 Å². The zero-order chi connectivity index (χ0) is 16.3. The van der Waals surface area contributed by atoms with Gasteiger partial charge >= 0.3 is 0 Å². The molecule has 1 amide bonds. The third kappa shape index (κ3) is 6.19. The lowest BCUT2D eigenvalue weighted by Gasteiger charge is -2.26. The van der Waals surface area contributed by atoms with Crippen molar-refractivity contribution in [3.8, 4) is 0 Å². The molecule has 1 fully saturated rings. The maximum absolute atomic E-state index is 12.2. The smallest absolute Gasteiger partial charge is 0.238 e. The average Bonchev–Trinajstić information content (AvgIpc) is 2.43. The molecular formula is C14H24Cl2N4O3S. The summed E-state index contributed by atoms with van der Waals surface area (Å²) in [6.07, 6.45) is 0. The van der Waals surface area contributed by atoms with E-state index >= 15 is 0 Å². The van der Waals surface area contributed by atoms with Gasteiger partial charge < -0.3 is 10.6 Å². The summed E-state index contributed by atoms with van der Waals surface area (Å²) in [5.41, 5.74) is 2.09. The van der Waals surface area contributed by atoms with Gasteiger partial charge in [0.15, 0.2) is 0 Å². The number of amides is 1. The first-order valence-electron chi connectivity index (χ1n) is 7.14. The minimum Gasteiger partial charge on any atom is -0.325 e. The Morgan fingerprint density at radius 3 is 2.38 bits per heavy atom. The van der Waals surface area contributed by atoms with Crippen LogP contribution in [0.25, 0.3) is 0 Å². The molecule has 0 saturated carbocycles. The van der Waals surface area contributed by atoms with Crippen molar-refractivity contribution in [2.45, 2.75) is 18.7 Å². The van der Waals surface area contributed by atoms with Crippen LogP contribution in [0.4, 0.5) is 5.69 Å². The SMILES string of the molecule is Cc1cc(S(N)(=O)=O)cc(NC(=O)CN2CCNCC2)c1C.Cl.Cl. The number of nitrogens with zero attached hydrogens (tertiary/aromatic N) is 1. The van der Waals surface area contributed by atoms with Gasteiger partial charge in [0.2, 0.25) is 15.9 Å². The molecule has 0 unspecified atom stereocenters. The van der Waals surface area contributed by atoms with E-state index < -0.39 is 10.0 Å². The molecule has 0 atom stereocenters. The van der Waals surface area contributed by atoms with Gasteiger partial charge in [-0.3, -0.25) is 9.69 Å². The summed E-state index contributed by atoms with van der Waals surface area (Å²) in [6, 6.07) is 2.92. The molecule has 24 heavy (non-hydrogen) atoms. The Labute approximate surface area is 155 Å².